The molecule has 24 heteroatoms. The normalized spacial score (nSPS) is 19.5. The van der Waals surface area contributed by atoms with Crippen LogP contribution in [0, 0.1) is 0 Å². The lowest BCUT2D eigenvalue weighted by molar-refractivity contribution is 0.0664. The van der Waals surface area contributed by atoms with Crippen molar-refractivity contribution in [3.8, 4) is 34.5 Å². The second-order valence-corrected chi connectivity index (χ2v) is 31.2. The Morgan fingerprint density at radius 1 is 0.342 bits per heavy atom. The molecule has 0 radical (unpaired) electrons. The van der Waals surface area contributed by atoms with Crippen molar-refractivity contribution in [2.45, 2.75) is 148 Å². The molecule has 6 aliphatic heterocycles. The minimum absolute atomic E-state index is 0.0742. The van der Waals surface area contributed by atoms with Crippen LogP contribution in [0.25, 0.3) is 0 Å². The number of aliphatic hydroxyl groups is 6. The van der Waals surface area contributed by atoms with E-state index in [0.717, 1.165) is 0 Å². The monoisotopic (exact) mass is 1170 g/mol. The summed E-state index contributed by atoms with van der Waals surface area (Å²) in [4.78, 5) is 47.5. The molecular formula is C52H67N3O15S6. The van der Waals surface area contributed by atoms with Crippen molar-refractivity contribution in [3.05, 3.63) is 33.4 Å². The Kier molecular flexibility index (Phi) is 15.6. The number of hydrogen-bond donors (Lipinski definition) is 6. The number of ether oxygens (including phenoxy) is 6. The molecule has 0 saturated carbocycles. The van der Waals surface area contributed by atoms with E-state index in [9.17, 15) is 30.6 Å². The smallest absolute Gasteiger partial charge is 0.261 e. The second kappa shape index (κ2) is 20.7. The van der Waals surface area contributed by atoms with Gasteiger partial charge < -0.3 is 73.8 Å². The van der Waals surface area contributed by atoms with Gasteiger partial charge in [0.2, 0.25) is 0 Å². The highest BCUT2D eigenvalue weighted by atomic mass is 32.2. The van der Waals surface area contributed by atoms with Gasteiger partial charge >= 0.3 is 0 Å². The second-order valence-electron chi connectivity index (χ2n) is 21.6. The van der Waals surface area contributed by atoms with Gasteiger partial charge in [-0.15, -0.1) is 0 Å². The van der Waals surface area contributed by atoms with E-state index in [1.165, 1.54) is 85.3 Å². The van der Waals surface area contributed by atoms with E-state index < -0.39 is 53.2 Å². The van der Waals surface area contributed by atoms with Gasteiger partial charge in [0.25, 0.3) is 17.7 Å². The lowest BCUT2D eigenvalue weighted by Gasteiger charge is -2.31. The fourth-order valence-corrected chi connectivity index (χ4v) is 17.5. The summed E-state index contributed by atoms with van der Waals surface area (Å²) in [5.74, 6) is -1.01. The highest BCUT2D eigenvalue weighted by molar-refractivity contribution is 8.02. The summed E-state index contributed by atoms with van der Waals surface area (Å²) in [6.07, 6.45) is 0. The van der Waals surface area contributed by atoms with Crippen molar-refractivity contribution in [3.63, 3.8) is 0 Å². The lowest BCUT2D eigenvalue weighted by atomic mass is 9.82. The topological polar surface area (TPSA) is 238 Å². The Bertz CT molecular complexity index is 2440. The molecule has 9 rings (SSSR count). The maximum absolute atomic E-state index is 15.2. The largest absolute Gasteiger partial charge is 0.475 e. The zero-order chi connectivity index (χ0) is 55.4. The number of nitrogens with zero attached hydrogens (tertiary/aromatic N) is 3. The van der Waals surface area contributed by atoms with Crippen molar-refractivity contribution >= 4 is 88.3 Å². The zero-order valence-electron chi connectivity index (χ0n) is 44.7. The van der Waals surface area contributed by atoms with E-state index in [1.54, 1.807) is 0 Å². The molecule has 0 aliphatic carbocycles. The summed E-state index contributed by atoms with van der Waals surface area (Å²) in [5, 5.41) is 61.3. The average molecular weight is 1170 g/mol. The van der Waals surface area contributed by atoms with E-state index in [0.29, 0.717) is 46.1 Å². The van der Waals surface area contributed by atoms with Gasteiger partial charge in [0.05, 0.1) is 69.0 Å². The number of thioether (sulfide) groups is 6. The third-order valence-corrected chi connectivity index (χ3v) is 19.9. The highest BCUT2D eigenvalue weighted by Crippen LogP contribution is 2.71. The van der Waals surface area contributed by atoms with Crippen molar-refractivity contribution < 1.29 is 73.4 Å². The quantitative estimate of drug-likeness (QED) is 0.0677. The first-order chi connectivity index (χ1) is 35.6. The Balaban J connectivity index is 1.50. The molecule has 18 nitrogen and oxygen atoms in total. The van der Waals surface area contributed by atoms with Gasteiger partial charge in [0.15, 0.2) is 64.1 Å². The van der Waals surface area contributed by atoms with Crippen LogP contribution in [0.15, 0.2) is 29.4 Å². The SMILES string of the molecule is CC1(C)Oc2c(c(C(c3c4c(c(C(=O)N(CCO)CCO)c5c3SC(C)(C)O5)OC(C)(C)S4)c3c4c(c(C(=O)N(CCO)CCO)c5c3SC(C)(C)O5)OC(C)(C)S4)c3c(c2C(=O)N(CCO)CCO)OC(C)(C)S3)S1. The summed E-state index contributed by atoms with van der Waals surface area (Å²) in [7, 11) is 0. The fraction of sp³-hybridized carbons (Fsp3) is 0.596. The van der Waals surface area contributed by atoms with Crippen LogP contribution in [0.5, 0.6) is 34.5 Å². The van der Waals surface area contributed by atoms with Gasteiger partial charge in [-0.25, -0.2) is 0 Å². The first-order valence-corrected chi connectivity index (χ1v) is 30.0. The van der Waals surface area contributed by atoms with E-state index in [4.69, 9.17) is 28.4 Å². The molecule has 0 spiro atoms. The first kappa shape index (κ1) is 57.4. The molecule has 0 atom stereocenters. The van der Waals surface area contributed by atoms with Crippen LogP contribution in [0.2, 0.25) is 0 Å². The van der Waals surface area contributed by atoms with Gasteiger partial charge in [0.1, 0.15) is 16.7 Å². The zero-order valence-corrected chi connectivity index (χ0v) is 49.6. The molecule has 3 aromatic rings. The van der Waals surface area contributed by atoms with Crippen molar-refractivity contribution in [2.75, 3.05) is 78.9 Å². The summed E-state index contributed by atoms with van der Waals surface area (Å²) >= 11 is 8.54. The minimum atomic E-state index is -0.976. The Labute approximate surface area is 468 Å². The standard InChI is InChI=1S/C52H67N3O15S6/c1-47(2)65-32-29(44(62)53(13-19-56)14-20-57)33-39(72-48(3,4)66-33)26(38(32)71-47)25(27-40-34(67-49(5,6)73-40)30(35-41(27)74-50(7,8)68-35)45(63)54(15-21-58)16-22-59)28-42-36(69-51(9,10)75-42)31(37-43(28)76-52(11,12)70-37)46(64)55(17-23-60)18-24-61/h25,56-61H,13-24H2,1-12H3. The predicted octanol–water partition coefficient (Wildman–Crippen LogP) is 7.47. The highest BCUT2D eigenvalue weighted by Gasteiger charge is 2.56. The summed E-state index contributed by atoms with van der Waals surface area (Å²) < 4.78 is 41.7. The number of aliphatic hydroxyl groups excluding tert-OH is 6. The van der Waals surface area contributed by atoms with Gasteiger partial charge in [-0.3, -0.25) is 14.4 Å². The summed E-state index contributed by atoms with van der Waals surface area (Å²) in [6.45, 7) is 20.2. The number of fused-ring (bicyclic) bond motifs is 6. The third-order valence-electron chi connectivity index (χ3n) is 12.8. The maximum Gasteiger partial charge on any atom is 0.261 e. The van der Waals surface area contributed by atoms with E-state index in [1.807, 2.05) is 83.1 Å². The lowest BCUT2D eigenvalue weighted by Crippen LogP contribution is -2.37. The number of benzene rings is 3. The van der Waals surface area contributed by atoms with Crippen LogP contribution in [0.4, 0.5) is 0 Å². The van der Waals surface area contributed by atoms with E-state index in [2.05, 4.69) is 0 Å². The Hall–Kier alpha value is -3.27. The van der Waals surface area contributed by atoms with E-state index >= 15 is 14.4 Å². The summed E-state index contributed by atoms with van der Waals surface area (Å²) in [6, 6.07) is 0. The molecule has 0 fully saturated rings. The van der Waals surface area contributed by atoms with Crippen LogP contribution in [-0.2, 0) is 0 Å². The minimum Gasteiger partial charge on any atom is -0.475 e. The van der Waals surface area contributed by atoms with Gasteiger partial charge in [-0.1, -0.05) is 70.6 Å². The van der Waals surface area contributed by atoms with Gasteiger partial charge in [-0.05, 0) is 99.8 Å². The molecule has 0 saturated heterocycles. The molecule has 0 bridgehead atoms. The van der Waals surface area contributed by atoms with Gasteiger partial charge in [0, 0.05) is 45.2 Å². The molecule has 0 aromatic heterocycles. The van der Waals surface area contributed by atoms with Crippen LogP contribution < -0.4 is 28.4 Å². The Morgan fingerprint density at radius 2 is 0.500 bits per heavy atom. The first-order valence-electron chi connectivity index (χ1n) is 25.1. The average Bonchev–Trinajstić information content (AvgIpc) is 4.13. The predicted molar refractivity (Wildman–Crippen MR) is 294 cm³/mol. The van der Waals surface area contributed by atoms with Crippen LogP contribution >= 0.6 is 70.6 Å². The van der Waals surface area contributed by atoms with Crippen LogP contribution in [0.1, 0.15) is 137 Å². The van der Waals surface area contributed by atoms with Gasteiger partial charge in [-0.2, -0.15) is 0 Å². The van der Waals surface area contributed by atoms with Crippen molar-refractivity contribution in [1.82, 2.24) is 14.7 Å². The number of amides is 3. The maximum atomic E-state index is 15.2. The molecule has 0 unspecified atom stereocenters. The Morgan fingerprint density at radius 3 is 0.645 bits per heavy atom. The number of carbonyl (C=O) groups is 3. The number of carbonyl (C=O) groups excluding carboxylic acids is 3. The van der Waals surface area contributed by atoms with Crippen LogP contribution in [0.3, 0.4) is 0 Å². The molecule has 76 heavy (non-hydrogen) atoms. The number of rotatable bonds is 18. The van der Waals surface area contributed by atoms with Crippen LogP contribution in [-0.4, -0.2) is 172 Å². The number of hydrogen-bond acceptors (Lipinski definition) is 21. The molecule has 6 N–H and O–H groups in total. The molecular weight excluding hydrogens is 1100 g/mol. The molecule has 3 aromatic carbocycles. The third kappa shape index (κ3) is 10.3. The molecule has 3 amide bonds. The molecule has 6 aliphatic rings. The molecule has 6 heterocycles. The fourth-order valence-electron chi connectivity index (χ4n) is 10.2. The summed E-state index contributed by atoms with van der Waals surface area (Å²) in [5.41, 5.74) is 2.46. The van der Waals surface area contributed by atoms with Crippen molar-refractivity contribution in [2.24, 2.45) is 0 Å². The van der Waals surface area contributed by atoms with Crippen molar-refractivity contribution in [1.29, 1.82) is 0 Å². The van der Waals surface area contributed by atoms with E-state index in [-0.39, 0.29) is 130 Å². The molecule has 416 valence electrons.